The molecule has 3 N–H and O–H groups in total. The topological polar surface area (TPSA) is 73.5 Å². The van der Waals surface area contributed by atoms with Gasteiger partial charge >= 0.3 is 0 Å². The number of hydrogen-bond acceptors (Lipinski definition) is 4. The lowest BCUT2D eigenvalue weighted by Crippen LogP contribution is -2.35. The third-order valence-electron chi connectivity index (χ3n) is 6.24. The number of dihydropyridines is 1. The summed E-state index contributed by atoms with van der Waals surface area (Å²) in [4.78, 5) is 29.4. The maximum Gasteiger partial charge on any atom is 0.254 e. The lowest BCUT2D eigenvalue weighted by molar-refractivity contribution is -0.113. The summed E-state index contributed by atoms with van der Waals surface area (Å²) in [6, 6.07) is 21.9. The summed E-state index contributed by atoms with van der Waals surface area (Å²) < 4.78 is 0. The first-order chi connectivity index (χ1) is 17.7. The van der Waals surface area contributed by atoms with Crippen LogP contribution in [-0.2, 0) is 9.59 Å². The second kappa shape index (κ2) is 11.1. The monoisotopic (exact) mass is 534 g/mol. The van der Waals surface area contributed by atoms with Crippen LogP contribution in [0.2, 0.25) is 10.0 Å². The van der Waals surface area contributed by atoms with Gasteiger partial charge in [0.1, 0.15) is 0 Å². The van der Waals surface area contributed by atoms with Gasteiger partial charge in [0, 0.05) is 48.2 Å². The molecule has 0 fully saturated rings. The molecule has 1 heterocycles. The molecule has 0 bridgehead atoms. The molecule has 1 aliphatic rings. The Bertz CT molecular complexity index is 1330. The minimum atomic E-state index is -0.637. The van der Waals surface area contributed by atoms with E-state index in [2.05, 4.69) is 16.0 Å². The molecule has 0 aromatic heterocycles. The van der Waals surface area contributed by atoms with Crippen molar-refractivity contribution in [2.75, 3.05) is 29.6 Å². The highest BCUT2D eigenvalue weighted by Gasteiger charge is 2.36. The molecule has 8 heteroatoms. The molecule has 0 spiro atoms. The zero-order chi connectivity index (χ0) is 26.7. The minimum absolute atomic E-state index is 0.352. The lowest BCUT2D eigenvalue weighted by atomic mass is 9.79. The van der Waals surface area contributed by atoms with E-state index in [-0.39, 0.29) is 11.8 Å². The van der Waals surface area contributed by atoms with Gasteiger partial charge in [-0.1, -0.05) is 59.6 Å². The Balaban J connectivity index is 1.79. The number of anilines is 3. The van der Waals surface area contributed by atoms with E-state index in [9.17, 15) is 9.59 Å². The van der Waals surface area contributed by atoms with Crippen LogP contribution in [0.1, 0.15) is 25.3 Å². The minimum Gasteiger partial charge on any atom is -0.378 e. The molecule has 3 aromatic rings. The van der Waals surface area contributed by atoms with E-state index in [4.69, 9.17) is 23.2 Å². The Hall–Kier alpha value is -3.74. The lowest BCUT2D eigenvalue weighted by Gasteiger charge is -2.32. The van der Waals surface area contributed by atoms with Crippen molar-refractivity contribution < 1.29 is 9.59 Å². The third kappa shape index (κ3) is 5.66. The first-order valence-electron chi connectivity index (χ1n) is 11.7. The normalized spacial score (nSPS) is 13.8. The van der Waals surface area contributed by atoms with Crippen LogP contribution in [0.15, 0.2) is 95.3 Å². The fraction of sp³-hybridized carbons (Fsp3) is 0.172. The van der Waals surface area contributed by atoms with E-state index >= 15 is 0 Å². The first-order valence-corrected chi connectivity index (χ1v) is 12.5. The molecule has 0 atom stereocenters. The molecule has 37 heavy (non-hydrogen) atoms. The van der Waals surface area contributed by atoms with Gasteiger partial charge in [-0.2, -0.15) is 0 Å². The standard InChI is InChI=1S/C29H28Cl2N4O2/c1-17-25(28(36)33-23-11-7-5-9-21(23)30)27(19-13-15-20(16-14-19)35(3)4)26(18(2)32-17)29(37)34-24-12-8-6-10-22(24)31/h5-16,27,32H,1-4H3,(H,33,36)(H,34,37). The zero-order valence-corrected chi connectivity index (χ0v) is 22.5. The summed E-state index contributed by atoms with van der Waals surface area (Å²) in [5.41, 5.74) is 4.94. The number of rotatable bonds is 6. The summed E-state index contributed by atoms with van der Waals surface area (Å²) in [6.45, 7) is 3.66. The summed E-state index contributed by atoms with van der Waals surface area (Å²) in [6.07, 6.45) is 0. The van der Waals surface area contributed by atoms with Crippen molar-refractivity contribution in [3.63, 3.8) is 0 Å². The SMILES string of the molecule is CC1=C(C(=O)Nc2ccccc2Cl)C(c2ccc(N(C)C)cc2)C(C(=O)Nc2ccccc2Cl)=C(C)N1. The van der Waals surface area contributed by atoms with Crippen LogP contribution in [-0.4, -0.2) is 25.9 Å². The fourth-order valence-corrected chi connectivity index (χ4v) is 4.76. The maximum absolute atomic E-state index is 13.7. The van der Waals surface area contributed by atoms with Gasteiger partial charge in [0.15, 0.2) is 0 Å². The number of nitrogens with zero attached hydrogens (tertiary/aromatic N) is 1. The smallest absolute Gasteiger partial charge is 0.254 e. The molecule has 0 saturated carbocycles. The van der Waals surface area contributed by atoms with Crippen LogP contribution in [0.25, 0.3) is 0 Å². The Labute approximate surface area is 227 Å². The van der Waals surface area contributed by atoms with Gasteiger partial charge in [-0.25, -0.2) is 0 Å². The Morgan fingerprint density at radius 3 is 1.57 bits per heavy atom. The molecule has 0 radical (unpaired) electrons. The Kier molecular flexibility index (Phi) is 7.91. The van der Waals surface area contributed by atoms with Crippen LogP contribution in [0.4, 0.5) is 17.1 Å². The number of para-hydroxylation sites is 2. The van der Waals surface area contributed by atoms with Crippen molar-refractivity contribution >= 4 is 52.1 Å². The molecule has 0 saturated heterocycles. The molecule has 4 rings (SSSR count). The second-order valence-electron chi connectivity index (χ2n) is 8.99. The predicted octanol–water partition coefficient (Wildman–Crippen LogP) is 6.57. The third-order valence-corrected chi connectivity index (χ3v) is 6.90. The number of hydrogen-bond donors (Lipinski definition) is 3. The second-order valence-corrected chi connectivity index (χ2v) is 9.80. The van der Waals surface area contributed by atoms with Gasteiger partial charge in [0.2, 0.25) is 0 Å². The molecular formula is C29H28Cl2N4O2. The number of amides is 2. The average Bonchev–Trinajstić information content (AvgIpc) is 2.86. The van der Waals surface area contributed by atoms with Gasteiger partial charge in [0.05, 0.1) is 21.4 Å². The molecule has 0 unspecified atom stereocenters. The first kappa shape index (κ1) is 26.3. The fourth-order valence-electron chi connectivity index (χ4n) is 4.40. The van der Waals surface area contributed by atoms with Gasteiger partial charge in [0.25, 0.3) is 11.8 Å². The Morgan fingerprint density at radius 1 is 0.730 bits per heavy atom. The van der Waals surface area contributed by atoms with Gasteiger partial charge in [-0.15, -0.1) is 0 Å². The van der Waals surface area contributed by atoms with E-state index in [1.54, 1.807) is 48.5 Å². The molecule has 6 nitrogen and oxygen atoms in total. The maximum atomic E-state index is 13.7. The molecule has 3 aromatic carbocycles. The number of nitrogens with one attached hydrogen (secondary N) is 3. The average molecular weight is 535 g/mol. The van der Waals surface area contributed by atoms with Crippen LogP contribution >= 0.6 is 23.2 Å². The summed E-state index contributed by atoms with van der Waals surface area (Å²) in [5, 5.41) is 9.92. The van der Waals surface area contributed by atoms with E-state index in [1.165, 1.54) is 0 Å². The molecule has 190 valence electrons. The van der Waals surface area contributed by atoms with Crippen molar-refractivity contribution in [3.8, 4) is 0 Å². The molecular weight excluding hydrogens is 507 g/mol. The largest absolute Gasteiger partial charge is 0.378 e. The van der Waals surface area contributed by atoms with E-state index in [0.29, 0.717) is 44.0 Å². The van der Waals surface area contributed by atoms with Crippen LogP contribution in [0.5, 0.6) is 0 Å². The van der Waals surface area contributed by atoms with Crippen molar-refractivity contribution in [2.45, 2.75) is 19.8 Å². The molecule has 2 amide bonds. The van der Waals surface area contributed by atoms with Crippen molar-refractivity contribution in [1.82, 2.24) is 5.32 Å². The quantitative estimate of drug-likeness (QED) is 0.334. The number of halogens is 2. The van der Waals surface area contributed by atoms with Crippen molar-refractivity contribution in [3.05, 3.63) is 111 Å². The number of benzene rings is 3. The highest BCUT2D eigenvalue weighted by molar-refractivity contribution is 6.34. The van der Waals surface area contributed by atoms with Crippen LogP contribution in [0, 0.1) is 0 Å². The highest BCUT2D eigenvalue weighted by atomic mass is 35.5. The molecule has 0 aliphatic carbocycles. The predicted molar refractivity (Wildman–Crippen MR) is 152 cm³/mol. The molecule has 1 aliphatic heterocycles. The van der Waals surface area contributed by atoms with E-state index < -0.39 is 5.92 Å². The zero-order valence-electron chi connectivity index (χ0n) is 21.0. The van der Waals surface area contributed by atoms with Crippen LogP contribution < -0.4 is 20.9 Å². The Morgan fingerprint density at radius 2 is 1.16 bits per heavy atom. The van der Waals surface area contributed by atoms with E-state index in [0.717, 1.165) is 11.3 Å². The summed E-state index contributed by atoms with van der Waals surface area (Å²) >= 11 is 12.6. The highest BCUT2D eigenvalue weighted by Crippen LogP contribution is 2.40. The van der Waals surface area contributed by atoms with E-state index in [1.807, 2.05) is 57.1 Å². The number of carbonyl (C=O) groups is 2. The van der Waals surface area contributed by atoms with Crippen molar-refractivity contribution in [1.29, 1.82) is 0 Å². The van der Waals surface area contributed by atoms with Gasteiger partial charge in [-0.05, 0) is 55.8 Å². The van der Waals surface area contributed by atoms with Gasteiger partial charge < -0.3 is 20.9 Å². The van der Waals surface area contributed by atoms with Crippen LogP contribution in [0.3, 0.4) is 0 Å². The number of allylic oxidation sites excluding steroid dienone is 2. The van der Waals surface area contributed by atoms with Gasteiger partial charge in [-0.3, -0.25) is 9.59 Å². The summed E-state index contributed by atoms with van der Waals surface area (Å²) in [5.74, 6) is -1.34. The summed E-state index contributed by atoms with van der Waals surface area (Å²) in [7, 11) is 3.91. The van der Waals surface area contributed by atoms with Crippen molar-refractivity contribution in [2.24, 2.45) is 0 Å². The number of carbonyl (C=O) groups excluding carboxylic acids is 2.